The number of benzene rings is 3. The van der Waals surface area contributed by atoms with E-state index in [1.165, 1.54) is 19.3 Å². The van der Waals surface area contributed by atoms with Crippen molar-refractivity contribution in [3.63, 3.8) is 0 Å². The highest BCUT2D eigenvalue weighted by molar-refractivity contribution is 5.96. The van der Waals surface area contributed by atoms with Crippen LogP contribution in [0.1, 0.15) is 65.9 Å². The van der Waals surface area contributed by atoms with Crippen LogP contribution in [0.25, 0.3) is 22.1 Å². The van der Waals surface area contributed by atoms with E-state index < -0.39 is 41.6 Å². The average molecular weight is 739 g/mol. The minimum absolute atomic E-state index is 0.0227. The van der Waals surface area contributed by atoms with Crippen LogP contribution in [-0.4, -0.2) is 69.4 Å². The molecule has 13 nitrogen and oxygen atoms in total. The van der Waals surface area contributed by atoms with Crippen LogP contribution in [-0.2, 0) is 19.1 Å². The molecule has 0 aliphatic heterocycles. The van der Waals surface area contributed by atoms with Gasteiger partial charge in [-0.05, 0) is 85.5 Å². The number of carbonyl (C=O) groups excluding carboxylic acids is 4. The van der Waals surface area contributed by atoms with Gasteiger partial charge in [-0.25, -0.2) is 14.4 Å². The van der Waals surface area contributed by atoms with E-state index in [1.807, 2.05) is 48.5 Å². The maximum atomic E-state index is 13.7. The molecule has 2 atom stereocenters. The van der Waals surface area contributed by atoms with Gasteiger partial charge in [0, 0.05) is 23.9 Å². The van der Waals surface area contributed by atoms with Crippen LogP contribution < -0.4 is 32.0 Å². The van der Waals surface area contributed by atoms with E-state index in [4.69, 9.17) is 24.4 Å². The van der Waals surface area contributed by atoms with Crippen molar-refractivity contribution in [3.05, 3.63) is 113 Å². The molecule has 284 valence electrons. The van der Waals surface area contributed by atoms with Crippen LogP contribution in [0.3, 0.4) is 0 Å². The standard InChI is InChI=1S/C41H46N4O9/c1-3-22-52-40(49)35(17-8-10-20-42)44-38(47)34(45-41(50)53-25-33-30-14-6-4-12-28(30)29-13-5-7-15-31(29)33)16-9-11-21-43-37(46)32-23-26-18-19-27(51-2)24-36(26)54-39(32)48/h3-7,12-15,18-19,23-24,33-35H,1,8-11,16-17,20-22,25,42H2,2H3,(H,43,46)(H,44,47)(H,45,50). The highest BCUT2D eigenvalue weighted by Crippen LogP contribution is 2.44. The Balaban J connectivity index is 1.22. The first-order valence-corrected chi connectivity index (χ1v) is 18.0. The van der Waals surface area contributed by atoms with Gasteiger partial charge in [-0.15, -0.1) is 0 Å². The fourth-order valence-corrected chi connectivity index (χ4v) is 6.45. The number of esters is 1. The van der Waals surface area contributed by atoms with Gasteiger partial charge in [0.05, 0.1) is 7.11 Å². The van der Waals surface area contributed by atoms with E-state index in [2.05, 4.69) is 22.5 Å². The third kappa shape index (κ3) is 9.92. The predicted octanol–water partition coefficient (Wildman–Crippen LogP) is 4.95. The van der Waals surface area contributed by atoms with Crippen molar-refractivity contribution in [2.45, 2.75) is 56.5 Å². The fraction of sp³-hybridized carbons (Fsp3) is 0.341. The summed E-state index contributed by atoms with van der Waals surface area (Å²) in [5.41, 5.74) is 9.25. The number of fused-ring (bicyclic) bond motifs is 4. The van der Waals surface area contributed by atoms with Gasteiger partial charge < -0.3 is 40.3 Å². The topological polar surface area (TPSA) is 188 Å². The molecular weight excluding hydrogens is 692 g/mol. The van der Waals surface area contributed by atoms with Crippen molar-refractivity contribution < 1.29 is 37.8 Å². The molecule has 0 saturated carbocycles. The molecule has 1 aromatic heterocycles. The van der Waals surface area contributed by atoms with Gasteiger partial charge in [-0.2, -0.15) is 0 Å². The zero-order valence-corrected chi connectivity index (χ0v) is 30.3. The smallest absolute Gasteiger partial charge is 0.407 e. The first-order chi connectivity index (χ1) is 26.2. The minimum atomic E-state index is -1.08. The van der Waals surface area contributed by atoms with E-state index in [9.17, 15) is 24.0 Å². The lowest BCUT2D eigenvalue weighted by Crippen LogP contribution is -2.52. The summed E-state index contributed by atoms with van der Waals surface area (Å²) in [6.07, 6.45) is 3.08. The summed E-state index contributed by atoms with van der Waals surface area (Å²) in [5.74, 6) is -1.49. The summed E-state index contributed by atoms with van der Waals surface area (Å²) in [7, 11) is 1.50. The van der Waals surface area contributed by atoms with Gasteiger partial charge in [0.2, 0.25) is 5.91 Å². The van der Waals surface area contributed by atoms with Gasteiger partial charge in [0.15, 0.2) is 0 Å². The predicted molar refractivity (Wildman–Crippen MR) is 203 cm³/mol. The molecule has 2 unspecified atom stereocenters. The Kier molecular flexibility index (Phi) is 14.0. The van der Waals surface area contributed by atoms with E-state index >= 15 is 0 Å². The van der Waals surface area contributed by atoms with E-state index in [0.717, 1.165) is 22.3 Å². The molecule has 13 heteroatoms. The minimum Gasteiger partial charge on any atom is -0.497 e. The second-order valence-electron chi connectivity index (χ2n) is 12.9. The Morgan fingerprint density at radius 1 is 0.870 bits per heavy atom. The summed E-state index contributed by atoms with van der Waals surface area (Å²) >= 11 is 0. The summed E-state index contributed by atoms with van der Waals surface area (Å²) in [4.78, 5) is 65.2. The molecule has 4 aromatic rings. The number of hydrogen-bond acceptors (Lipinski definition) is 10. The molecule has 5 N–H and O–H groups in total. The Morgan fingerprint density at radius 3 is 2.24 bits per heavy atom. The third-order valence-electron chi connectivity index (χ3n) is 9.24. The van der Waals surface area contributed by atoms with Crippen molar-refractivity contribution in [3.8, 4) is 16.9 Å². The molecule has 3 amide bonds. The molecule has 54 heavy (non-hydrogen) atoms. The van der Waals surface area contributed by atoms with Crippen molar-refractivity contribution in [2.24, 2.45) is 5.73 Å². The molecule has 0 saturated heterocycles. The fourth-order valence-electron chi connectivity index (χ4n) is 6.45. The molecule has 0 spiro atoms. The van der Waals surface area contributed by atoms with Crippen molar-refractivity contribution >= 4 is 34.8 Å². The molecule has 0 bridgehead atoms. The van der Waals surface area contributed by atoms with E-state index in [0.29, 0.717) is 55.4 Å². The quantitative estimate of drug-likeness (QED) is 0.0444. The highest BCUT2D eigenvalue weighted by Gasteiger charge is 2.31. The number of alkyl carbamates (subject to hydrolysis) is 1. The Hall–Kier alpha value is -5.95. The molecule has 0 radical (unpaired) electrons. The van der Waals surface area contributed by atoms with Gasteiger partial charge in [-0.3, -0.25) is 9.59 Å². The first-order valence-electron chi connectivity index (χ1n) is 18.0. The summed E-state index contributed by atoms with van der Waals surface area (Å²) < 4.78 is 21.4. The molecule has 0 fully saturated rings. The zero-order chi connectivity index (χ0) is 38.5. The molecular formula is C41H46N4O9. The number of rotatable bonds is 19. The van der Waals surface area contributed by atoms with Crippen LogP contribution >= 0.6 is 0 Å². The van der Waals surface area contributed by atoms with E-state index in [-0.39, 0.29) is 37.7 Å². The summed E-state index contributed by atoms with van der Waals surface area (Å²) in [6.45, 7) is 4.19. The number of hydrogen-bond donors (Lipinski definition) is 4. The zero-order valence-electron chi connectivity index (χ0n) is 30.3. The van der Waals surface area contributed by atoms with Crippen molar-refractivity contribution in [1.82, 2.24) is 16.0 Å². The lowest BCUT2D eigenvalue weighted by molar-refractivity contribution is -0.147. The molecule has 5 rings (SSSR count). The lowest BCUT2D eigenvalue weighted by Gasteiger charge is -2.23. The largest absolute Gasteiger partial charge is 0.497 e. The van der Waals surface area contributed by atoms with E-state index in [1.54, 1.807) is 18.2 Å². The average Bonchev–Trinajstić information content (AvgIpc) is 3.50. The van der Waals surface area contributed by atoms with Crippen molar-refractivity contribution in [2.75, 3.05) is 33.4 Å². The number of nitrogens with one attached hydrogen (secondary N) is 3. The summed E-state index contributed by atoms with van der Waals surface area (Å²) in [6, 6.07) is 20.3. The normalized spacial score (nSPS) is 12.9. The SMILES string of the molecule is C=CCOC(=O)C(CCCCN)NC(=O)C(CCCCNC(=O)c1cc2ccc(OC)cc2oc1=O)NC(=O)OCC1c2ccccc2-c2ccccc21. The number of carbonyl (C=O) groups is 4. The highest BCUT2D eigenvalue weighted by atomic mass is 16.5. The molecule has 1 aliphatic carbocycles. The Bertz CT molecular complexity index is 1980. The third-order valence-corrected chi connectivity index (χ3v) is 9.24. The second-order valence-corrected chi connectivity index (χ2v) is 12.9. The number of ether oxygens (including phenoxy) is 3. The second kappa shape index (κ2) is 19.2. The van der Waals surface area contributed by atoms with Crippen LogP contribution in [0, 0.1) is 0 Å². The molecule has 1 aliphatic rings. The number of methoxy groups -OCH3 is 1. The monoisotopic (exact) mass is 738 g/mol. The van der Waals surface area contributed by atoms with Crippen LogP contribution in [0.2, 0.25) is 0 Å². The van der Waals surface area contributed by atoms with Crippen LogP contribution in [0.4, 0.5) is 4.79 Å². The number of nitrogens with two attached hydrogens (primary N) is 1. The molecule has 3 aromatic carbocycles. The maximum Gasteiger partial charge on any atom is 0.407 e. The Morgan fingerprint density at radius 2 is 1.56 bits per heavy atom. The van der Waals surface area contributed by atoms with Gasteiger partial charge >= 0.3 is 17.7 Å². The molecule has 1 heterocycles. The first kappa shape index (κ1) is 39.3. The lowest BCUT2D eigenvalue weighted by atomic mass is 9.98. The number of amides is 3. The van der Waals surface area contributed by atoms with Crippen LogP contribution in [0.15, 0.2) is 94.7 Å². The van der Waals surface area contributed by atoms with Gasteiger partial charge in [-0.1, -0.05) is 61.2 Å². The Labute approximate surface area is 313 Å². The number of unbranched alkanes of at least 4 members (excludes halogenated alkanes) is 2. The van der Waals surface area contributed by atoms with Gasteiger partial charge in [0.25, 0.3) is 5.91 Å². The van der Waals surface area contributed by atoms with Crippen LogP contribution in [0.5, 0.6) is 5.75 Å². The summed E-state index contributed by atoms with van der Waals surface area (Å²) in [5, 5.41) is 8.71. The maximum absolute atomic E-state index is 13.7. The van der Waals surface area contributed by atoms with Crippen molar-refractivity contribution in [1.29, 1.82) is 0 Å². The van der Waals surface area contributed by atoms with Gasteiger partial charge in [0.1, 0.15) is 42.2 Å².